The predicted molar refractivity (Wildman–Crippen MR) is 84.9 cm³/mol. The van der Waals surface area contributed by atoms with Gasteiger partial charge in [0.25, 0.3) is 0 Å². The van der Waals surface area contributed by atoms with E-state index in [1.54, 1.807) is 0 Å². The summed E-state index contributed by atoms with van der Waals surface area (Å²) in [5.41, 5.74) is 3.30. The average molecular weight is 272 g/mol. The van der Waals surface area contributed by atoms with Crippen molar-refractivity contribution in [2.24, 2.45) is 16.1 Å². The summed E-state index contributed by atoms with van der Waals surface area (Å²) in [5.74, 6) is 1.59. The van der Waals surface area contributed by atoms with E-state index in [1.807, 2.05) is 18.2 Å². The Morgan fingerprint density at radius 1 is 1.20 bits per heavy atom. The first-order valence-corrected chi connectivity index (χ1v) is 7.55. The molecule has 0 atom stereocenters. The quantitative estimate of drug-likeness (QED) is 0.721. The van der Waals surface area contributed by atoms with Crippen LogP contribution in [0.3, 0.4) is 0 Å². The molecule has 0 spiro atoms. The second-order valence-corrected chi connectivity index (χ2v) is 5.67. The van der Waals surface area contributed by atoms with Gasteiger partial charge in [0.2, 0.25) is 0 Å². The summed E-state index contributed by atoms with van der Waals surface area (Å²) in [6.07, 6.45) is 4.08. The molecule has 0 saturated carbocycles. The number of hydrogen-bond donors (Lipinski definition) is 0. The monoisotopic (exact) mass is 272 g/mol. The Kier molecular flexibility index (Phi) is 5.33. The zero-order valence-corrected chi connectivity index (χ0v) is 12.7. The lowest BCUT2D eigenvalue weighted by molar-refractivity contribution is 0.289. The van der Waals surface area contributed by atoms with Crippen LogP contribution in [-0.4, -0.2) is 18.0 Å². The molecule has 1 aromatic carbocycles. The van der Waals surface area contributed by atoms with Crippen LogP contribution >= 0.6 is 0 Å². The molecule has 1 aliphatic heterocycles. The minimum Gasteiger partial charge on any atom is -0.493 e. The first-order valence-electron chi connectivity index (χ1n) is 7.55. The Balaban J connectivity index is 2.02. The van der Waals surface area contributed by atoms with Crippen molar-refractivity contribution in [2.75, 3.05) is 6.61 Å². The fourth-order valence-corrected chi connectivity index (χ4v) is 2.21. The maximum atomic E-state index is 5.92. The van der Waals surface area contributed by atoms with Gasteiger partial charge in [-0.1, -0.05) is 39.3 Å². The fourth-order valence-electron chi connectivity index (χ4n) is 2.21. The second kappa shape index (κ2) is 7.22. The molecule has 0 bridgehead atoms. The molecule has 0 N–H and O–H groups in total. The number of benzene rings is 1. The summed E-state index contributed by atoms with van der Waals surface area (Å²) in [6.45, 7) is 7.34. The molecule has 3 nitrogen and oxygen atoms in total. The smallest absolute Gasteiger partial charge is 0.128 e. The van der Waals surface area contributed by atoms with E-state index in [2.05, 4.69) is 37.0 Å². The highest BCUT2D eigenvalue weighted by molar-refractivity contribution is 6.16. The minimum atomic E-state index is 0.658. The fraction of sp³-hybridized carbons (Fsp3) is 0.529. The van der Waals surface area contributed by atoms with E-state index < -0.39 is 0 Å². The summed E-state index contributed by atoms with van der Waals surface area (Å²) in [5, 5.41) is 8.62. The highest BCUT2D eigenvalue weighted by atomic mass is 16.5. The Bertz CT molecular complexity index is 503. The largest absolute Gasteiger partial charge is 0.493 e. The van der Waals surface area contributed by atoms with Crippen molar-refractivity contribution < 1.29 is 4.74 Å². The maximum Gasteiger partial charge on any atom is 0.128 e. The molecule has 1 aromatic rings. The topological polar surface area (TPSA) is 34.0 Å². The lowest BCUT2D eigenvalue weighted by Gasteiger charge is -2.12. The third-order valence-corrected chi connectivity index (χ3v) is 3.37. The van der Waals surface area contributed by atoms with Crippen LogP contribution in [0.25, 0.3) is 0 Å². The molecule has 0 amide bonds. The van der Waals surface area contributed by atoms with Gasteiger partial charge in [-0.2, -0.15) is 10.2 Å². The van der Waals surface area contributed by atoms with Crippen molar-refractivity contribution in [1.82, 2.24) is 0 Å². The van der Waals surface area contributed by atoms with E-state index in [4.69, 9.17) is 4.74 Å². The molecule has 0 aliphatic carbocycles. The number of nitrogens with zero attached hydrogens (tertiary/aromatic N) is 2. The van der Waals surface area contributed by atoms with Crippen molar-refractivity contribution >= 4 is 11.4 Å². The van der Waals surface area contributed by atoms with Gasteiger partial charge in [-0.05, 0) is 30.9 Å². The van der Waals surface area contributed by atoms with Gasteiger partial charge in [0.15, 0.2) is 0 Å². The van der Waals surface area contributed by atoms with Crippen LogP contribution in [0.1, 0.15) is 52.0 Å². The number of ether oxygens (including phenoxy) is 1. The first-order chi connectivity index (χ1) is 9.70. The summed E-state index contributed by atoms with van der Waals surface area (Å²) in [6, 6.07) is 8.15. The Morgan fingerprint density at radius 3 is 2.75 bits per heavy atom. The van der Waals surface area contributed by atoms with Crippen LogP contribution in [0.15, 0.2) is 34.5 Å². The standard InChI is InChI=1S/C17H24N2O/c1-4-7-14-12-16(19-18-14)15-8-5-6-9-17(15)20-11-10-13(2)3/h5-6,8-9,13H,4,7,10-12H2,1-3H3. The maximum absolute atomic E-state index is 5.92. The Hall–Kier alpha value is -1.64. The van der Waals surface area contributed by atoms with Gasteiger partial charge in [0.05, 0.1) is 12.3 Å². The van der Waals surface area contributed by atoms with Gasteiger partial charge in [-0.15, -0.1) is 0 Å². The number of hydrogen-bond acceptors (Lipinski definition) is 3. The average Bonchev–Trinajstić information content (AvgIpc) is 2.88. The van der Waals surface area contributed by atoms with E-state index in [-0.39, 0.29) is 0 Å². The van der Waals surface area contributed by atoms with E-state index in [9.17, 15) is 0 Å². The van der Waals surface area contributed by atoms with E-state index >= 15 is 0 Å². The normalized spacial score (nSPS) is 14.4. The van der Waals surface area contributed by atoms with Crippen molar-refractivity contribution in [2.45, 2.75) is 46.5 Å². The lowest BCUT2D eigenvalue weighted by Crippen LogP contribution is -2.08. The molecule has 0 radical (unpaired) electrons. The summed E-state index contributed by atoms with van der Waals surface area (Å²) >= 11 is 0. The van der Waals surface area contributed by atoms with E-state index in [1.165, 1.54) is 5.71 Å². The number of rotatable bonds is 7. The molecule has 0 unspecified atom stereocenters. The molecule has 108 valence electrons. The lowest BCUT2D eigenvalue weighted by atomic mass is 10.0. The van der Waals surface area contributed by atoms with Gasteiger partial charge in [0.1, 0.15) is 5.75 Å². The third-order valence-electron chi connectivity index (χ3n) is 3.37. The van der Waals surface area contributed by atoms with Gasteiger partial charge in [0, 0.05) is 17.7 Å². The SMILES string of the molecule is CCCC1=NN=C(c2ccccc2OCCC(C)C)C1. The highest BCUT2D eigenvalue weighted by Gasteiger charge is 2.17. The van der Waals surface area contributed by atoms with Crippen LogP contribution in [-0.2, 0) is 0 Å². The molecule has 1 aliphatic rings. The van der Waals surface area contributed by atoms with Crippen molar-refractivity contribution in [3.05, 3.63) is 29.8 Å². The summed E-state index contributed by atoms with van der Waals surface area (Å²) in [4.78, 5) is 0. The van der Waals surface area contributed by atoms with Crippen molar-refractivity contribution in [1.29, 1.82) is 0 Å². The molecule has 0 fully saturated rings. The zero-order chi connectivity index (χ0) is 14.4. The zero-order valence-electron chi connectivity index (χ0n) is 12.7. The van der Waals surface area contributed by atoms with Crippen LogP contribution in [0.2, 0.25) is 0 Å². The molecular formula is C17H24N2O. The van der Waals surface area contributed by atoms with E-state index in [0.29, 0.717) is 5.92 Å². The van der Waals surface area contributed by atoms with E-state index in [0.717, 1.165) is 49.3 Å². The Morgan fingerprint density at radius 2 is 2.00 bits per heavy atom. The van der Waals surface area contributed by atoms with Gasteiger partial charge in [-0.3, -0.25) is 0 Å². The molecular weight excluding hydrogens is 248 g/mol. The molecule has 0 saturated heterocycles. The molecule has 3 heteroatoms. The molecule has 0 aromatic heterocycles. The van der Waals surface area contributed by atoms with Gasteiger partial charge >= 0.3 is 0 Å². The Labute approximate surface area is 121 Å². The van der Waals surface area contributed by atoms with Crippen LogP contribution in [0.5, 0.6) is 5.75 Å². The van der Waals surface area contributed by atoms with Crippen LogP contribution < -0.4 is 4.74 Å². The summed E-state index contributed by atoms with van der Waals surface area (Å²) in [7, 11) is 0. The third kappa shape index (κ3) is 3.92. The first kappa shape index (κ1) is 14.8. The number of para-hydroxylation sites is 1. The molecule has 2 rings (SSSR count). The highest BCUT2D eigenvalue weighted by Crippen LogP contribution is 2.24. The van der Waals surface area contributed by atoms with Crippen LogP contribution in [0, 0.1) is 5.92 Å². The van der Waals surface area contributed by atoms with Gasteiger partial charge < -0.3 is 4.74 Å². The summed E-state index contributed by atoms with van der Waals surface area (Å²) < 4.78 is 5.92. The second-order valence-electron chi connectivity index (χ2n) is 5.67. The minimum absolute atomic E-state index is 0.658. The van der Waals surface area contributed by atoms with Crippen molar-refractivity contribution in [3.8, 4) is 5.75 Å². The molecule has 1 heterocycles. The van der Waals surface area contributed by atoms with Crippen LogP contribution in [0.4, 0.5) is 0 Å². The van der Waals surface area contributed by atoms with Gasteiger partial charge in [-0.25, -0.2) is 0 Å². The molecule has 20 heavy (non-hydrogen) atoms. The predicted octanol–water partition coefficient (Wildman–Crippen LogP) is 4.46. The van der Waals surface area contributed by atoms with Crippen molar-refractivity contribution in [3.63, 3.8) is 0 Å².